The van der Waals surface area contributed by atoms with Gasteiger partial charge in [-0.2, -0.15) is 0 Å². The number of hydrogen-bond acceptors (Lipinski definition) is 4. The molecule has 19 heavy (non-hydrogen) atoms. The number of carbonyl (C=O) groups is 3. The van der Waals surface area contributed by atoms with Crippen molar-refractivity contribution in [1.82, 2.24) is 10.6 Å². The SMILES string of the molecule is C#CCC(NC(=O)CNC(=O)[C@@H](N)C(C)C)C(=O)O. The van der Waals surface area contributed by atoms with Gasteiger partial charge >= 0.3 is 5.97 Å². The second-order valence-corrected chi connectivity index (χ2v) is 4.35. The Morgan fingerprint density at radius 2 is 1.95 bits per heavy atom. The molecule has 0 spiro atoms. The van der Waals surface area contributed by atoms with Crippen LogP contribution >= 0.6 is 0 Å². The molecule has 2 amide bonds. The number of aliphatic carboxylic acids is 1. The van der Waals surface area contributed by atoms with Crippen molar-refractivity contribution in [2.75, 3.05) is 6.54 Å². The first-order chi connectivity index (χ1) is 8.79. The Kier molecular flexibility index (Phi) is 7.22. The van der Waals surface area contributed by atoms with Crippen LogP contribution in [0.2, 0.25) is 0 Å². The van der Waals surface area contributed by atoms with Crippen LogP contribution in [0.4, 0.5) is 0 Å². The van der Waals surface area contributed by atoms with E-state index < -0.39 is 29.9 Å². The van der Waals surface area contributed by atoms with Gasteiger partial charge in [-0.1, -0.05) is 13.8 Å². The van der Waals surface area contributed by atoms with E-state index in [9.17, 15) is 14.4 Å². The zero-order chi connectivity index (χ0) is 15.0. The number of nitrogens with two attached hydrogens (primary N) is 1. The molecule has 1 unspecified atom stereocenters. The van der Waals surface area contributed by atoms with Crippen molar-refractivity contribution in [3.05, 3.63) is 0 Å². The van der Waals surface area contributed by atoms with Crippen LogP contribution in [0.25, 0.3) is 0 Å². The predicted octanol–water partition coefficient (Wildman–Crippen LogP) is -1.32. The van der Waals surface area contributed by atoms with Gasteiger partial charge in [-0.05, 0) is 5.92 Å². The summed E-state index contributed by atoms with van der Waals surface area (Å²) in [6, 6.07) is -1.87. The lowest BCUT2D eigenvalue weighted by Crippen LogP contribution is -2.49. The van der Waals surface area contributed by atoms with Crippen LogP contribution in [0, 0.1) is 18.3 Å². The molecular formula is C12H19N3O4. The number of rotatable bonds is 7. The van der Waals surface area contributed by atoms with E-state index in [-0.39, 0.29) is 18.9 Å². The molecule has 0 aromatic heterocycles. The van der Waals surface area contributed by atoms with Gasteiger partial charge in [-0.25, -0.2) is 4.79 Å². The average Bonchev–Trinajstić information content (AvgIpc) is 2.34. The molecule has 2 atom stereocenters. The number of carboxylic acid groups (broad SMARTS) is 1. The maximum Gasteiger partial charge on any atom is 0.327 e. The summed E-state index contributed by atoms with van der Waals surface area (Å²) in [6.07, 6.45) is 4.86. The molecule has 0 saturated carbocycles. The molecule has 5 N–H and O–H groups in total. The number of hydrogen-bond donors (Lipinski definition) is 4. The summed E-state index contributed by atoms with van der Waals surface area (Å²) in [7, 11) is 0. The molecule has 0 radical (unpaired) electrons. The van der Waals surface area contributed by atoms with Crippen LogP contribution in [0.15, 0.2) is 0 Å². The number of terminal acetylenes is 1. The normalized spacial score (nSPS) is 13.2. The summed E-state index contributed by atoms with van der Waals surface area (Å²) < 4.78 is 0. The van der Waals surface area contributed by atoms with E-state index in [4.69, 9.17) is 17.3 Å². The highest BCUT2D eigenvalue weighted by molar-refractivity contribution is 5.89. The Hall–Kier alpha value is -2.07. The van der Waals surface area contributed by atoms with Crippen LogP contribution in [0.3, 0.4) is 0 Å². The fourth-order valence-electron chi connectivity index (χ4n) is 1.15. The van der Waals surface area contributed by atoms with Crippen LogP contribution < -0.4 is 16.4 Å². The Labute approximate surface area is 111 Å². The number of amides is 2. The van der Waals surface area contributed by atoms with E-state index in [2.05, 4.69) is 16.6 Å². The van der Waals surface area contributed by atoms with Gasteiger partial charge in [0.05, 0.1) is 12.6 Å². The van der Waals surface area contributed by atoms with Crippen molar-refractivity contribution in [2.45, 2.75) is 32.4 Å². The fourth-order valence-corrected chi connectivity index (χ4v) is 1.15. The molecule has 7 heteroatoms. The molecule has 106 valence electrons. The molecule has 0 bridgehead atoms. The van der Waals surface area contributed by atoms with Crippen molar-refractivity contribution >= 4 is 17.8 Å². The highest BCUT2D eigenvalue weighted by Gasteiger charge is 2.21. The molecule has 0 rings (SSSR count). The highest BCUT2D eigenvalue weighted by Crippen LogP contribution is 1.97. The van der Waals surface area contributed by atoms with Crippen LogP contribution in [0.1, 0.15) is 20.3 Å². The van der Waals surface area contributed by atoms with Gasteiger partial charge in [-0.3, -0.25) is 9.59 Å². The van der Waals surface area contributed by atoms with Crippen LogP contribution in [-0.2, 0) is 14.4 Å². The molecule has 0 heterocycles. The van der Waals surface area contributed by atoms with E-state index in [1.165, 1.54) is 0 Å². The molecule has 7 nitrogen and oxygen atoms in total. The van der Waals surface area contributed by atoms with E-state index in [1.54, 1.807) is 13.8 Å². The lowest BCUT2D eigenvalue weighted by atomic mass is 10.1. The third kappa shape index (κ3) is 6.43. The second kappa shape index (κ2) is 8.11. The van der Waals surface area contributed by atoms with Crippen molar-refractivity contribution < 1.29 is 19.5 Å². The topological polar surface area (TPSA) is 122 Å². The van der Waals surface area contributed by atoms with Gasteiger partial charge in [0.2, 0.25) is 11.8 Å². The van der Waals surface area contributed by atoms with Gasteiger partial charge in [-0.15, -0.1) is 12.3 Å². The summed E-state index contributed by atoms with van der Waals surface area (Å²) >= 11 is 0. The second-order valence-electron chi connectivity index (χ2n) is 4.35. The molecule has 0 aliphatic heterocycles. The zero-order valence-electron chi connectivity index (χ0n) is 11.0. The summed E-state index contributed by atoms with van der Waals surface area (Å²) in [5.74, 6) is -0.231. The Balaban J connectivity index is 4.22. The minimum absolute atomic E-state index is 0.0590. The molecular weight excluding hydrogens is 250 g/mol. The molecule has 0 fully saturated rings. The number of carbonyl (C=O) groups excluding carboxylic acids is 2. The summed E-state index contributed by atoms with van der Waals surface area (Å²) in [4.78, 5) is 33.6. The average molecular weight is 269 g/mol. The fraction of sp³-hybridized carbons (Fsp3) is 0.583. The van der Waals surface area contributed by atoms with Crippen molar-refractivity contribution in [2.24, 2.45) is 11.7 Å². The van der Waals surface area contributed by atoms with Crippen molar-refractivity contribution in [3.63, 3.8) is 0 Å². The van der Waals surface area contributed by atoms with Gasteiger partial charge < -0.3 is 21.5 Å². The Morgan fingerprint density at radius 3 is 2.37 bits per heavy atom. The maximum atomic E-state index is 11.5. The molecule has 0 saturated heterocycles. The highest BCUT2D eigenvalue weighted by atomic mass is 16.4. The van der Waals surface area contributed by atoms with E-state index in [0.29, 0.717) is 0 Å². The first kappa shape index (κ1) is 16.9. The Morgan fingerprint density at radius 1 is 1.37 bits per heavy atom. The Bertz CT molecular complexity index is 387. The molecule has 0 aliphatic carbocycles. The summed E-state index contributed by atoms with van der Waals surface area (Å²) in [6.45, 7) is 3.21. The number of carboxylic acids is 1. The van der Waals surface area contributed by atoms with Gasteiger partial charge in [0.1, 0.15) is 6.04 Å². The third-order valence-electron chi connectivity index (χ3n) is 2.40. The molecule has 0 aliphatic rings. The quantitative estimate of drug-likeness (QED) is 0.427. The maximum absolute atomic E-state index is 11.5. The van der Waals surface area contributed by atoms with Crippen LogP contribution in [-0.4, -0.2) is 41.5 Å². The standard InChI is InChI=1S/C12H19N3O4/c1-4-5-8(12(18)19)15-9(16)6-14-11(17)10(13)7(2)3/h1,7-8,10H,5-6,13H2,2-3H3,(H,14,17)(H,15,16)(H,18,19)/t8?,10-/m0/s1. The minimum Gasteiger partial charge on any atom is -0.480 e. The van der Waals surface area contributed by atoms with Crippen molar-refractivity contribution in [1.29, 1.82) is 0 Å². The largest absolute Gasteiger partial charge is 0.480 e. The van der Waals surface area contributed by atoms with E-state index in [0.717, 1.165) is 0 Å². The van der Waals surface area contributed by atoms with Gasteiger partial charge in [0.25, 0.3) is 0 Å². The van der Waals surface area contributed by atoms with Gasteiger partial charge in [0, 0.05) is 6.42 Å². The predicted molar refractivity (Wildman–Crippen MR) is 68.8 cm³/mol. The number of nitrogens with one attached hydrogen (secondary N) is 2. The lowest BCUT2D eigenvalue weighted by molar-refractivity contribution is -0.141. The first-order valence-corrected chi connectivity index (χ1v) is 5.78. The van der Waals surface area contributed by atoms with Crippen LogP contribution in [0.5, 0.6) is 0 Å². The third-order valence-corrected chi connectivity index (χ3v) is 2.40. The van der Waals surface area contributed by atoms with Crippen molar-refractivity contribution in [3.8, 4) is 12.3 Å². The summed E-state index contributed by atoms with van der Waals surface area (Å²) in [5.41, 5.74) is 5.58. The smallest absolute Gasteiger partial charge is 0.327 e. The first-order valence-electron chi connectivity index (χ1n) is 5.78. The lowest BCUT2D eigenvalue weighted by Gasteiger charge is -2.16. The van der Waals surface area contributed by atoms with Gasteiger partial charge in [0.15, 0.2) is 0 Å². The van der Waals surface area contributed by atoms with E-state index >= 15 is 0 Å². The minimum atomic E-state index is -1.23. The summed E-state index contributed by atoms with van der Waals surface area (Å²) in [5, 5.41) is 13.3. The molecule has 0 aromatic carbocycles. The zero-order valence-corrected chi connectivity index (χ0v) is 11.0. The van der Waals surface area contributed by atoms with E-state index in [1.807, 2.05) is 0 Å². The monoisotopic (exact) mass is 269 g/mol. The molecule has 0 aromatic rings.